The van der Waals surface area contributed by atoms with E-state index in [1.54, 1.807) is 18.2 Å². The highest BCUT2D eigenvalue weighted by Crippen LogP contribution is 2.38. The second kappa shape index (κ2) is 7.99. The van der Waals surface area contributed by atoms with Crippen LogP contribution in [0.25, 0.3) is 11.4 Å². The summed E-state index contributed by atoms with van der Waals surface area (Å²) < 4.78 is 17.4. The number of hydrogen-bond acceptors (Lipinski definition) is 4. The summed E-state index contributed by atoms with van der Waals surface area (Å²) in [5, 5.41) is 9.17. The summed E-state index contributed by atoms with van der Waals surface area (Å²) >= 11 is 1.37. The average molecular weight is 411 g/mol. The van der Waals surface area contributed by atoms with Crippen LogP contribution in [0.3, 0.4) is 0 Å². The molecule has 7 heteroatoms. The Kier molecular flexibility index (Phi) is 5.41. The summed E-state index contributed by atoms with van der Waals surface area (Å²) in [5.74, 6) is 0.707. The van der Waals surface area contributed by atoms with Crippen LogP contribution in [0.15, 0.2) is 48.1 Å². The maximum Gasteiger partial charge on any atom is 0.192 e. The first kappa shape index (κ1) is 19.6. The lowest BCUT2D eigenvalue weighted by atomic mass is 10.2. The number of nitrogens with zero attached hydrogens (tertiary/aromatic N) is 4. The summed E-state index contributed by atoms with van der Waals surface area (Å²) in [6, 6.07) is 8.69. The average Bonchev–Trinajstić information content (AvgIpc) is 3.38. The Morgan fingerprint density at radius 1 is 1.28 bits per heavy atom. The lowest BCUT2D eigenvalue weighted by Gasteiger charge is -2.08. The van der Waals surface area contributed by atoms with Crippen LogP contribution in [0.5, 0.6) is 0 Å². The minimum absolute atomic E-state index is 0.0893. The fraction of sp³-hybridized carbons (Fsp3) is 0.318. The molecule has 0 amide bonds. The number of ketones is 1. The number of benzene rings is 1. The molecule has 5 nitrogen and oxygen atoms in total. The molecular weight excluding hydrogens is 387 g/mol. The van der Waals surface area contributed by atoms with Gasteiger partial charge in [0.15, 0.2) is 16.8 Å². The predicted octanol–water partition coefficient (Wildman–Crippen LogP) is 5.00. The molecule has 4 rings (SSSR count). The summed E-state index contributed by atoms with van der Waals surface area (Å²) in [5.41, 5.74) is 3.75. The Balaban J connectivity index is 1.54. The summed E-state index contributed by atoms with van der Waals surface area (Å²) in [6.07, 6.45) is 4.14. The zero-order valence-electron chi connectivity index (χ0n) is 16.6. The van der Waals surface area contributed by atoms with Gasteiger partial charge >= 0.3 is 0 Å². The van der Waals surface area contributed by atoms with Crippen molar-refractivity contribution in [3.8, 4) is 11.4 Å². The van der Waals surface area contributed by atoms with Crippen LogP contribution in [0.4, 0.5) is 4.39 Å². The van der Waals surface area contributed by atoms with E-state index in [-0.39, 0.29) is 17.4 Å². The number of thioether (sulfide) groups is 1. The third-order valence-corrected chi connectivity index (χ3v) is 6.13. The van der Waals surface area contributed by atoms with Crippen LogP contribution in [0.1, 0.15) is 40.6 Å². The molecule has 0 bridgehead atoms. The van der Waals surface area contributed by atoms with Gasteiger partial charge in [-0.25, -0.2) is 4.39 Å². The Morgan fingerprint density at radius 3 is 2.66 bits per heavy atom. The topological polar surface area (TPSA) is 52.7 Å². The van der Waals surface area contributed by atoms with Gasteiger partial charge in [-0.1, -0.05) is 17.8 Å². The molecule has 0 spiro atoms. The SMILES string of the molecule is C=CCn1c(SCC(=O)c2cc(C)n(C3CC3)c2C)nnc1-c1ccc(F)cc1. The fourth-order valence-electron chi connectivity index (χ4n) is 3.66. The van der Waals surface area contributed by atoms with E-state index in [0.29, 0.717) is 23.6 Å². The molecule has 1 aliphatic carbocycles. The van der Waals surface area contributed by atoms with Gasteiger partial charge in [0.2, 0.25) is 0 Å². The van der Waals surface area contributed by atoms with E-state index < -0.39 is 0 Å². The van der Waals surface area contributed by atoms with Gasteiger partial charge in [-0.15, -0.1) is 16.8 Å². The molecule has 3 aromatic rings. The number of hydrogen-bond donors (Lipinski definition) is 0. The molecule has 0 N–H and O–H groups in total. The van der Waals surface area contributed by atoms with Crippen molar-refractivity contribution in [1.29, 1.82) is 0 Å². The molecular formula is C22H23FN4OS. The number of aryl methyl sites for hydroxylation is 1. The minimum atomic E-state index is -0.299. The van der Waals surface area contributed by atoms with E-state index in [1.807, 2.05) is 17.6 Å². The molecule has 1 saturated carbocycles. The maximum atomic E-state index is 13.2. The van der Waals surface area contributed by atoms with Gasteiger partial charge in [-0.3, -0.25) is 9.36 Å². The van der Waals surface area contributed by atoms with Crippen LogP contribution in [0.2, 0.25) is 0 Å². The largest absolute Gasteiger partial charge is 0.345 e. The second-order valence-electron chi connectivity index (χ2n) is 7.31. The summed E-state index contributed by atoms with van der Waals surface area (Å²) in [6.45, 7) is 8.39. The van der Waals surface area contributed by atoms with Gasteiger partial charge in [-0.05, 0) is 57.0 Å². The molecule has 1 fully saturated rings. The molecule has 0 unspecified atom stereocenters. The smallest absolute Gasteiger partial charge is 0.192 e. The molecule has 2 aromatic heterocycles. The van der Waals surface area contributed by atoms with Crippen LogP contribution in [0, 0.1) is 19.7 Å². The van der Waals surface area contributed by atoms with Crippen molar-refractivity contribution in [2.24, 2.45) is 0 Å². The first-order chi connectivity index (χ1) is 14.0. The van der Waals surface area contributed by atoms with Crippen LogP contribution in [-0.4, -0.2) is 30.9 Å². The number of rotatable bonds is 8. The number of carbonyl (C=O) groups excluding carboxylic acids is 1. The van der Waals surface area contributed by atoms with Gasteiger partial charge in [0, 0.05) is 35.1 Å². The lowest BCUT2D eigenvalue weighted by Crippen LogP contribution is -2.07. The van der Waals surface area contributed by atoms with Crippen LogP contribution in [-0.2, 0) is 6.54 Å². The van der Waals surface area contributed by atoms with E-state index in [1.165, 1.54) is 36.7 Å². The third kappa shape index (κ3) is 3.92. The lowest BCUT2D eigenvalue weighted by molar-refractivity contribution is 0.102. The van der Waals surface area contributed by atoms with Crippen molar-refractivity contribution in [3.05, 3.63) is 65.8 Å². The monoisotopic (exact) mass is 410 g/mol. The minimum Gasteiger partial charge on any atom is -0.345 e. The number of Topliss-reactive ketones (excluding diaryl/α,β-unsaturated/α-hetero) is 1. The number of aromatic nitrogens is 4. The van der Waals surface area contributed by atoms with Crippen molar-refractivity contribution >= 4 is 17.5 Å². The van der Waals surface area contributed by atoms with Gasteiger partial charge in [-0.2, -0.15) is 0 Å². The molecule has 0 radical (unpaired) electrons. The Morgan fingerprint density at radius 2 is 2.00 bits per heavy atom. The first-order valence-corrected chi connectivity index (χ1v) is 10.6. The summed E-state index contributed by atoms with van der Waals surface area (Å²) in [7, 11) is 0. The Hall–Kier alpha value is -2.67. The van der Waals surface area contributed by atoms with Gasteiger partial charge in [0.1, 0.15) is 5.82 Å². The van der Waals surface area contributed by atoms with Gasteiger partial charge in [0.25, 0.3) is 0 Å². The molecule has 0 aliphatic heterocycles. The first-order valence-electron chi connectivity index (χ1n) is 9.64. The summed E-state index contributed by atoms with van der Waals surface area (Å²) in [4.78, 5) is 12.9. The van der Waals surface area contributed by atoms with Crippen LogP contribution < -0.4 is 0 Å². The van der Waals surface area contributed by atoms with E-state index in [9.17, 15) is 9.18 Å². The molecule has 2 heterocycles. The molecule has 29 heavy (non-hydrogen) atoms. The number of halogens is 1. The van der Waals surface area contributed by atoms with E-state index in [2.05, 4.69) is 28.3 Å². The highest BCUT2D eigenvalue weighted by atomic mass is 32.2. The zero-order chi connectivity index (χ0) is 20.5. The predicted molar refractivity (Wildman–Crippen MR) is 113 cm³/mol. The number of allylic oxidation sites excluding steroid dienone is 1. The fourth-order valence-corrected chi connectivity index (χ4v) is 4.49. The van der Waals surface area contributed by atoms with Crippen molar-refractivity contribution < 1.29 is 9.18 Å². The highest BCUT2D eigenvalue weighted by molar-refractivity contribution is 7.99. The molecule has 1 aliphatic rings. The van der Waals surface area contributed by atoms with Gasteiger partial charge < -0.3 is 4.57 Å². The normalized spacial score (nSPS) is 13.6. The Bertz CT molecular complexity index is 1060. The van der Waals surface area contributed by atoms with E-state index in [4.69, 9.17) is 0 Å². The molecule has 150 valence electrons. The molecule has 1 aromatic carbocycles. The van der Waals surface area contributed by atoms with E-state index in [0.717, 1.165) is 22.5 Å². The molecule has 0 atom stereocenters. The second-order valence-corrected chi connectivity index (χ2v) is 8.25. The van der Waals surface area contributed by atoms with Crippen molar-refractivity contribution in [1.82, 2.24) is 19.3 Å². The van der Waals surface area contributed by atoms with Crippen molar-refractivity contribution in [3.63, 3.8) is 0 Å². The zero-order valence-corrected chi connectivity index (χ0v) is 17.4. The molecule has 0 saturated heterocycles. The van der Waals surface area contributed by atoms with E-state index >= 15 is 0 Å². The highest BCUT2D eigenvalue weighted by Gasteiger charge is 2.28. The Labute approximate surface area is 173 Å². The standard InChI is InChI=1S/C22H23FN4OS/c1-4-11-26-21(16-5-7-17(23)8-6-16)24-25-22(26)29-13-20(28)19-12-14(2)27(15(19)3)18-9-10-18/h4-8,12,18H,1,9-11,13H2,2-3H3. The third-order valence-electron chi connectivity index (χ3n) is 5.16. The number of carbonyl (C=O) groups is 1. The van der Waals surface area contributed by atoms with Gasteiger partial charge in [0.05, 0.1) is 5.75 Å². The maximum absolute atomic E-state index is 13.2. The van der Waals surface area contributed by atoms with Crippen molar-refractivity contribution in [2.75, 3.05) is 5.75 Å². The van der Waals surface area contributed by atoms with Crippen LogP contribution >= 0.6 is 11.8 Å². The quantitative estimate of drug-likeness (QED) is 0.298. The van der Waals surface area contributed by atoms with Crippen molar-refractivity contribution in [2.45, 2.75) is 44.4 Å².